The van der Waals surface area contributed by atoms with Gasteiger partial charge in [0, 0.05) is 6.04 Å². The molecule has 4 atom stereocenters. The highest BCUT2D eigenvalue weighted by Crippen LogP contribution is 2.57. The molecule has 2 heteroatoms. The van der Waals surface area contributed by atoms with Crippen molar-refractivity contribution in [3.8, 4) is 0 Å². The van der Waals surface area contributed by atoms with Crippen LogP contribution in [-0.4, -0.2) is 16.7 Å². The molecule has 2 saturated carbocycles. The zero-order valence-electron chi connectivity index (χ0n) is 13.8. The zero-order chi connectivity index (χ0) is 15.0. The Labute approximate surface area is 124 Å². The van der Waals surface area contributed by atoms with Gasteiger partial charge in [0.2, 0.25) is 0 Å². The quantitative estimate of drug-likeness (QED) is 0.763. The van der Waals surface area contributed by atoms with Gasteiger partial charge in [0.05, 0.1) is 5.60 Å². The summed E-state index contributed by atoms with van der Waals surface area (Å²) in [5.41, 5.74) is 7.78. The highest BCUT2D eigenvalue weighted by molar-refractivity contribution is 5.15. The van der Waals surface area contributed by atoms with Crippen LogP contribution in [0.4, 0.5) is 0 Å². The largest absolute Gasteiger partial charge is 0.390 e. The van der Waals surface area contributed by atoms with E-state index in [-0.39, 0.29) is 0 Å². The summed E-state index contributed by atoms with van der Waals surface area (Å²) in [6, 6.07) is 0.419. The molecule has 0 amide bonds. The van der Waals surface area contributed by atoms with Gasteiger partial charge in [-0.15, -0.1) is 0 Å². The minimum atomic E-state index is -0.550. The molecule has 116 valence electrons. The first-order chi connectivity index (χ1) is 9.24. The molecule has 3 N–H and O–H groups in total. The summed E-state index contributed by atoms with van der Waals surface area (Å²) >= 11 is 0. The van der Waals surface area contributed by atoms with Gasteiger partial charge < -0.3 is 10.8 Å². The third-order valence-electron chi connectivity index (χ3n) is 5.95. The van der Waals surface area contributed by atoms with Crippen LogP contribution in [0.5, 0.6) is 0 Å². The summed E-state index contributed by atoms with van der Waals surface area (Å²) in [5, 5.41) is 9.82. The Morgan fingerprint density at radius 2 is 2.05 bits per heavy atom. The number of fused-ring (bicyclic) bond motifs is 1. The standard InChI is InChI=1S/C18H33NO/c1-13(7-5-11-17(2,3)20)14-9-10-15-16(19)8-6-12-18(14,15)4/h7,14-16,20H,5-6,8-12,19H2,1-4H3/b13-7-. The van der Waals surface area contributed by atoms with Gasteiger partial charge in [0.15, 0.2) is 0 Å². The predicted octanol–water partition coefficient (Wildman–Crippen LogP) is 4.03. The molecular formula is C18H33NO. The number of nitrogens with two attached hydrogens (primary N) is 1. The average Bonchev–Trinajstić information content (AvgIpc) is 2.66. The van der Waals surface area contributed by atoms with Crippen LogP contribution in [-0.2, 0) is 0 Å². The summed E-state index contributed by atoms with van der Waals surface area (Å²) < 4.78 is 0. The van der Waals surface area contributed by atoms with Crippen LogP contribution in [0.3, 0.4) is 0 Å². The predicted molar refractivity (Wildman–Crippen MR) is 85.4 cm³/mol. The molecule has 4 unspecified atom stereocenters. The van der Waals surface area contributed by atoms with Crippen molar-refractivity contribution >= 4 is 0 Å². The fraction of sp³-hybridized carbons (Fsp3) is 0.889. The van der Waals surface area contributed by atoms with Crippen molar-refractivity contribution in [3.63, 3.8) is 0 Å². The van der Waals surface area contributed by atoms with Crippen molar-refractivity contribution in [3.05, 3.63) is 11.6 Å². The van der Waals surface area contributed by atoms with Crippen LogP contribution in [0.15, 0.2) is 11.6 Å². The Bertz CT molecular complexity index is 368. The van der Waals surface area contributed by atoms with E-state index in [1.165, 1.54) is 37.7 Å². The van der Waals surface area contributed by atoms with Gasteiger partial charge in [-0.25, -0.2) is 0 Å². The summed E-state index contributed by atoms with van der Waals surface area (Å²) in [5.74, 6) is 1.43. The van der Waals surface area contributed by atoms with Gasteiger partial charge in [0.1, 0.15) is 0 Å². The molecule has 0 aromatic heterocycles. The van der Waals surface area contributed by atoms with Crippen LogP contribution in [0.2, 0.25) is 0 Å². The molecule has 2 rings (SSSR count). The summed E-state index contributed by atoms with van der Waals surface area (Å²) in [4.78, 5) is 0. The van der Waals surface area contributed by atoms with Crippen LogP contribution in [0.1, 0.15) is 72.6 Å². The Hall–Kier alpha value is -0.340. The summed E-state index contributed by atoms with van der Waals surface area (Å²) in [7, 11) is 0. The van der Waals surface area contributed by atoms with Crippen LogP contribution < -0.4 is 5.73 Å². The lowest BCUT2D eigenvalue weighted by atomic mass is 9.62. The zero-order valence-corrected chi connectivity index (χ0v) is 13.8. The highest BCUT2D eigenvalue weighted by Gasteiger charge is 2.50. The lowest BCUT2D eigenvalue weighted by Crippen LogP contribution is -2.44. The molecule has 2 fully saturated rings. The molecule has 0 bridgehead atoms. The molecule has 0 saturated heterocycles. The van der Waals surface area contributed by atoms with Crippen molar-refractivity contribution in [2.45, 2.75) is 84.3 Å². The fourth-order valence-corrected chi connectivity index (χ4v) is 4.79. The average molecular weight is 279 g/mol. The Kier molecular flexibility index (Phi) is 4.66. The van der Waals surface area contributed by atoms with Crippen molar-refractivity contribution < 1.29 is 5.11 Å². The molecule has 20 heavy (non-hydrogen) atoms. The Balaban J connectivity index is 2.03. The van der Waals surface area contributed by atoms with E-state index in [1.54, 1.807) is 0 Å². The van der Waals surface area contributed by atoms with E-state index in [1.807, 2.05) is 13.8 Å². The number of rotatable bonds is 4. The van der Waals surface area contributed by atoms with Gasteiger partial charge >= 0.3 is 0 Å². The second-order valence-electron chi connectivity index (χ2n) is 8.10. The van der Waals surface area contributed by atoms with Gasteiger partial charge in [-0.2, -0.15) is 0 Å². The SMILES string of the molecule is C/C(=C/CCC(C)(C)O)C1CCC2C(N)CCCC12C. The lowest BCUT2D eigenvalue weighted by Gasteiger charge is -2.44. The van der Waals surface area contributed by atoms with E-state index in [9.17, 15) is 5.11 Å². The van der Waals surface area contributed by atoms with Crippen LogP contribution in [0.25, 0.3) is 0 Å². The van der Waals surface area contributed by atoms with Crippen molar-refractivity contribution in [1.29, 1.82) is 0 Å². The number of hydrogen-bond acceptors (Lipinski definition) is 2. The van der Waals surface area contributed by atoms with Gasteiger partial charge in [-0.05, 0) is 76.5 Å². The fourth-order valence-electron chi connectivity index (χ4n) is 4.79. The topological polar surface area (TPSA) is 46.2 Å². The molecule has 0 aromatic rings. The van der Waals surface area contributed by atoms with Crippen LogP contribution >= 0.6 is 0 Å². The molecule has 0 aromatic carbocycles. The van der Waals surface area contributed by atoms with E-state index >= 15 is 0 Å². The second kappa shape index (κ2) is 5.81. The van der Waals surface area contributed by atoms with E-state index < -0.39 is 5.60 Å². The van der Waals surface area contributed by atoms with Gasteiger partial charge in [-0.1, -0.05) is 25.0 Å². The Morgan fingerprint density at radius 3 is 2.70 bits per heavy atom. The summed E-state index contributed by atoms with van der Waals surface area (Å²) in [6.45, 7) is 8.55. The number of aliphatic hydroxyl groups is 1. The first-order valence-electron chi connectivity index (χ1n) is 8.39. The van der Waals surface area contributed by atoms with E-state index in [0.29, 0.717) is 17.4 Å². The van der Waals surface area contributed by atoms with Crippen molar-refractivity contribution in [1.82, 2.24) is 0 Å². The second-order valence-corrected chi connectivity index (χ2v) is 8.10. The normalized spacial score (nSPS) is 38.9. The van der Waals surface area contributed by atoms with Gasteiger partial charge in [0.25, 0.3) is 0 Å². The van der Waals surface area contributed by atoms with Crippen molar-refractivity contribution in [2.75, 3.05) is 0 Å². The monoisotopic (exact) mass is 279 g/mol. The third-order valence-corrected chi connectivity index (χ3v) is 5.95. The van der Waals surface area contributed by atoms with Crippen LogP contribution in [0, 0.1) is 17.3 Å². The Morgan fingerprint density at radius 1 is 1.35 bits per heavy atom. The molecule has 2 aliphatic carbocycles. The van der Waals surface area contributed by atoms with Crippen molar-refractivity contribution in [2.24, 2.45) is 23.0 Å². The first-order valence-corrected chi connectivity index (χ1v) is 8.39. The molecule has 0 radical (unpaired) electrons. The molecule has 2 aliphatic rings. The maximum atomic E-state index is 9.82. The van der Waals surface area contributed by atoms with E-state index in [4.69, 9.17) is 5.73 Å². The number of hydrogen-bond donors (Lipinski definition) is 2. The summed E-state index contributed by atoms with van der Waals surface area (Å²) in [6.07, 6.45) is 10.7. The minimum absolute atomic E-state index is 0.419. The van der Waals surface area contributed by atoms with Gasteiger partial charge in [-0.3, -0.25) is 0 Å². The smallest absolute Gasteiger partial charge is 0.0594 e. The van der Waals surface area contributed by atoms with E-state index in [0.717, 1.165) is 18.8 Å². The third kappa shape index (κ3) is 3.28. The maximum absolute atomic E-state index is 9.82. The number of allylic oxidation sites excluding steroid dienone is 2. The van der Waals surface area contributed by atoms with E-state index in [2.05, 4.69) is 19.9 Å². The molecule has 2 nitrogen and oxygen atoms in total. The highest BCUT2D eigenvalue weighted by atomic mass is 16.3. The molecule has 0 spiro atoms. The lowest BCUT2D eigenvalue weighted by molar-refractivity contribution is 0.0718. The molecular weight excluding hydrogens is 246 g/mol. The molecule has 0 aliphatic heterocycles. The minimum Gasteiger partial charge on any atom is -0.390 e. The molecule has 0 heterocycles. The maximum Gasteiger partial charge on any atom is 0.0594 e. The first kappa shape index (κ1) is 16.0.